The molecule has 6 N–H and O–H groups in total. The van der Waals surface area contributed by atoms with Gasteiger partial charge in [-0.05, 0) is 31.9 Å². The fourth-order valence-electron chi connectivity index (χ4n) is 5.21. The van der Waals surface area contributed by atoms with Gasteiger partial charge < -0.3 is 30.7 Å². The number of ether oxygens (including phenoxy) is 2. The molecule has 3 aliphatic heterocycles. The molecule has 3 unspecified atom stereocenters. The highest BCUT2D eigenvalue weighted by Crippen LogP contribution is 2.41. The normalized spacial score (nSPS) is 36.4. The molecule has 7 atom stereocenters. The highest BCUT2D eigenvalue weighted by molar-refractivity contribution is 6.20. The van der Waals surface area contributed by atoms with Crippen molar-refractivity contribution in [3.63, 3.8) is 0 Å². The number of benzene rings is 1. The molecule has 1 aromatic carbocycles. The van der Waals surface area contributed by atoms with Crippen LogP contribution in [0.3, 0.4) is 0 Å². The first-order valence-corrected chi connectivity index (χ1v) is 12.4. The fraction of sp³-hybridized carbons (Fsp3) is 0.696. The summed E-state index contributed by atoms with van der Waals surface area (Å²) in [7, 11) is 0. The lowest BCUT2D eigenvalue weighted by atomic mass is 9.94. The summed E-state index contributed by atoms with van der Waals surface area (Å²) in [5.41, 5.74) is 4.02. The number of fused-ring (bicyclic) bond motifs is 1. The molecule has 0 aromatic heterocycles. The van der Waals surface area contributed by atoms with E-state index in [2.05, 4.69) is 27.4 Å². The monoisotopic (exact) mass is 497 g/mol. The summed E-state index contributed by atoms with van der Waals surface area (Å²) in [5.74, 6) is 0.683. The minimum Gasteiger partial charge on any atom is -0.491 e. The van der Waals surface area contributed by atoms with Crippen LogP contribution in [-0.2, 0) is 4.74 Å². The lowest BCUT2D eigenvalue weighted by Crippen LogP contribution is -2.63. The molecule has 3 saturated heterocycles. The summed E-state index contributed by atoms with van der Waals surface area (Å²) in [4.78, 5) is 15.6. The number of hydrogen-bond donors (Lipinski definition) is 5. The number of carbonyl (C=O) groups excluding carboxylic acids is 1. The Balaban J connectivity index is 1.45. The topological polar surface area (TPSA) is 133 Å². The van der Waals surface area contributed by atoms with Crippen LogP contribution in [0.1, 0.15) is 33.1 Å². The summed E-state index contributed by atoms with van der Waals surface area (Å²) >= 11 is 6.60. The summed E-state index contributed by atoms with van der Waals surface area (Å²) in [6.45, 7) is 6.08. The van der Waals surface area contributed by atoms with Crippen molar-refractivity contribution >= 4 is 23.3 Å². The second-order valence-corrected chi connectivity index (χ2v) is 10.0. The Morgan fingerprint density at radius 1 is 1.47 bits per heavy atom. The third-order valence-electron chi connectivity index (χ3n) is 7.14. The maximum Gasteiger partial charge on any atom is 0.316 e. The Kier molecular flexibility index (Phi) is 7.88. The number of carbonyl (C=O) groups is 1. The third-order valence-corrected chi connectivity index (χ3v) is 7.61. The zero-order valence-corrected chi connectivity index (χ0v) is 20.4. The highest BCUT2D eigenvalue weighted by Gasteiger charge is 2.58. The molecule has 0 aliphatic carbocycles. The van der Waals surface area contributed by atoms with E-state index in [4.69, 9.17) is 26.8 Å². The highest BCUT2D eigenvalue weighted by atomic mass is 35.5. The molecule has 0 radical (unpaired) electrons. The number of alkyl halides is 1. The molecule has 34 heavy (non-hydrogen) atoms. The van der Waals surface area contributed by atoms with Gasteiger partial charge in [-0.1, -0.05) is 19.4 Å². The molecule has 2 amide bonds. The lowest BCUT2D eigenvalue weighted by molar-refractivity contribution is -0.136. The second-order valence-electron chi connectivity index (χ2n) is 9.55. The van der Waals surface area contributed by atoms with Gasteiger partial charge in [0.25, 0.3) is 0 Å². The first-order valence-electron chi connectivity index (χ1n) is 11.9. The van der Waals surface area contributed by atoms with E-state index in [0.29, 0.717) is 18.1 Å². The number of nitrogens with one attached hydrogen (secondary N) is 2. The van der Waals surface area contributed by atoms with Gasteiger partial charge in [0.1, 0.15) is 36.4 Å². The van der Waals surface area contributed by atoms with Crippen molar-refractivity contribution in [3.05, 3.63) is 24.3 Å². The maximum absolute atomic E-state index is 11.2. The molecule has 190 valence electrons. The smallest absolute Gasteiger partial charge is 0.316 e. The van der Waals surface area contributed by atoms with E-state index in [1.54, 1.807) is 31.2 Å². The first kappa shape index (κ1) is 25.4. The molecule has 0 bridgehead atoms. The maximum atomic E-state index is 11.2. The van der Waals surface area contributed by atoms with Crippen molar-refractivity contribution in [1.82, 2.24) is 15.1 Å². The number of aliphatic hydroxyl groups excluding tert-OH is 1. The van der Waals surface area contributed by atoms with Crippen LogP contribution in [0.5, 0.6) is 5.75 Å². The van der Waals surface area contributed by atoms with Crippen molar-refractivity contribution in [2.75, 3.05) is 31.7 Å². The van der Waals surface area contributed by atoms with Gasteiger partial charge in [0.15, 0.2) is 0 Å². The Hall–Kier alpha value is -1.66. The van der Waals surface area contributed by atoms with Crippen LogP contribution in [0, 0.1) is 5.92 Å². The minimum absolute atomic E-state index is 0.0295. The number of rotatable bonds is 8. The number of amides is 2. The molecule has 4 rings (SSSR count). The molecule has 3 aliphatic rings. The van der Waals surface area contributed by atoms with E-state index in [1.165, 1.54) is 0 Å². The molecule has 3 heterocycles. The van der Waals surface area contributed by atoms with Gasteiger partial charge in [-0.15, -0.1) is 11.6 Å². The number of hydrogen-bond acceptors (Lipinski definition) is 8. The van der Waals surface area contributed by atoms with Crippen LogP contribution >= 0.6 is 11.6 Å². The average Bonchev–Trinajstić information content (AvgIpc) is 3.32. The molecule has 0 saturated carbocycles. The van der Waals surface area contributed by atoms with Crippen LogP contribution in [-0.4, -0.2) is 88.1 Å². The summed E-state index contributed by atoms with van der Waals surface area (Å²) < 4.78 is 12.1. The number of halogens is 1. The van der Waals surface area contributed by atoms with E-state index in [0.717, 1.165) is 32.4 Å². The van der Waals surface area contributed by atoms with Crippen molar-refractivity contribution in [1.29, 1.82) is 0 Å². The molecule has 10 nitrogen and oxygen atoms in total. The third kappa shape index (κ3) is 5.13. The quantitative estimate of drug-likeness (QED) is 0.268. The second kappa shape index (κ2) is 10.5. The van der Waals surface area contributed by atoms with Gasteiger partial charge in [-0.3, -0.25) is 15.1 Å². The van der Waals surface area contributed by atoms with Crippen LogP contribution < -0.4 is 21.1 Å². The van der Waals surface area contributed by atoms with Crippen LogP contribution in [0.2, 0.25) is 0 Å². The Labute approximate surface area is 205 Å². The lowest BCUT2D eigenvalue weighted by Gasteiger charge is -2.46. The molecule has 3 fully saturated rings. The zero-order chi connectivity index (χ0) is 24.5. The van der Waals surface area contributed by atoms with Gasteiger partial charge in [-0.2, -0.15) is 0 Å². The zero-order valence-electron chi connectivity index (χ0n) is 19.7. The molecule has 11 heteroatoms. The van der Waals surface area contributed by atoms with Gasteiger partial charge in [0.2, 0.25) is 0 Å². The number of primary amides is 1. The van der Waals surface area contributed by atoms with E-state index >= 15 is 0 Å². The number of urea groups is 1. The van der Waals surface area contributed by atoms with Crippen molar-refractivity contribution in [2.45, 2.75) is 68.8 Å². The molecule has 1 aromatic rings. The fourth-order valence-corrected chi connectivity index (χ4v) is 5.53. The number of likely N-dealkylation sites (tertiary alicyclic amines) is 1. The Morgan fingerprint density at radius 3 is 3.00 bits per heavy atom. The number of anilines is 1. The SMILES string of the molecule is CCCCN1CNC(Cl)C2CCN([C@@H]3O[C@H](COc4cccc(NC(N)=O)c4)[C@@](C)(O)[C@H]3O)C21. The van der Waals surface area contributed by atoms with Crippen molar-refractivity contribution in [3.8, 4) is 5.75 Å². The van der Waals surface area contributed by atoms with E-state index in [-0.39, 0.29) is 24.2 Å². The van der Waals surface area contributed by atoms with Crippen LogP contribution in [0.4, 0.5) is 10.5 Å². The predicted molar refractivity (Wildman–Crippen MR) is 128 cm³/mol. The van der Waals surface area contributed by atoms with Crippen molar-refractivity contribution < 1.29 is 24.5 Å². The van der Waals surface area contributed by atoms with Gasteiger partial charge in [0.05, 0.1) is 18.3 Å². The summed E-state index contributed by atoms with van der Waals surface area (Å²) in [6, 6.07) is 6.11. The van der Waals surface area contributed by atoms with E-state index in [1.807, 2.05) is 0 Å². The number of unbranched alkanes of at least 4 members (excludes halogenated alkanes) is 1. The van der Waals surface area contributed by atoms with Gasteiger partial charge in [-0.25, -0.2) is 4.79 Å². The molecular formula is C23H36ClN5O5. The number of nitrogens with two attached hydrogens (primary N) is 1. The van der Waals surface area contributed by atoms with Crippen molar-refractivity contribution in [2.24, 2.45) is 11.7 Å². The van der Waals surface area contributed by atoms with E-state index in [9.17, 15) is 15.0 Å². The number of nitrogens with zero attached hydrogens (tertiary/aromatic N) is 2. The first-order chi connectivity index (χ1) is 16.2. The summed E-state index contributed by atoms with van der Waals surface area (Å²) in [5, 5.41) is 28.1. The Bertz CT molecular complexity index is 859. The Morgan fingerprint density at radius 2 is 2.26 bits per heavy atom. The van der Waals surface area contributed by atoms with Gasteiger partial charge in [0, 0.05) is 30.8 Å². The molecular weight excluding hydrogens is 462 g/mol. The average molecular weight is 498 g/mol. The van der Waals surface area contributed by atoms with Gasteiger partial charge >= 0.3 is 6.03 Å². The molecule has 0 spiro atoms. The van der Waals surface area contributed by atoms with Crippen LogP contribution in [0.15, 0.2) is 24.3 Å². The number of aliphatic hydroxyl groups is 2. The minimum atomic E-state index is -1.51. The standard InChI is InChI=1S/C23H36ClN5O5/c1-3-4-9-28-13-26-19(24)16-8-10-29(20(16)28)21-18(30)23(2,32)17(34-21)12-33-15-7-5-6-14(11-15)27-22(25)31/h5-7,11,16-21,26,30,32H,3-4,8-10,12-13H2,1-2H3,(H3,25,27,31)/t16?,17-,18+,19?,20?,21-,23-/m1/s1. The van der Waals surface area contributed by atoms with E-state index < -0.39 is 30.1 Å². The summed E-state index contributed by atoms with van der Waals surface area (Å²) in [6.07, 6.45) is 0.526. The predicted octanol–water partition coefficient (Wildman–Crippen LogP) is 1.27. The van der Waals surface area contributed by atoms with Crippen LogP contribution in [0.25, 0.3) is 0 Å². The largest absolute Gasteiger partial charge is 0.491 e.